The smallest absolute Gasteiger partial charge is 0.282 e. The summed E-state index contributed by atoms with van der Waals surface area (Å²) < 4.78 is 5.40. The number of fused-ring (bicyclic) bond motifs is 1. The topological polar surface area (TPSA) is 127 Å². The number of carbonyl (C=O) groups excluding carboxylic acids is 1. The van der Waals surface area contributed by atoms with Crippen molar-refractivity contribution in [3.05, 3.63) is 0 Å². The van der Waals surface area contributed by atoms with Crippen LogP contribution < -0.4 is 0 Å². The minimum absolute atomic E-state index is 0.271. The first kappa shape index (κ1) is 13.3. The zero-order valence-corrected chi connectivity index (χ0v) is 10.6. The van der Waals surface area contributed by atoms with Crippen molar-refractivity contribution in [1.82, 2.24) is 4.90 Å². The Kier molecular flexibility index (Phi) is 2.94. The van der Waals surface area contributed by atoms with Gasteiger partial charge in [-0.15, -0.1) is 0 Å². The average Bonchev–Trinajstić information content (AvgIpc) is 2.91. The van der Waals surface area contributed by atoms with E-state index in [2.05, 4.69) is 15.0 Å². The highest BCUT2D eigenvalue weighted by atomic mass is 16.6. The lowest BCUT2D eigenvalue weighted by Gasteiger charge is -2.30. The molecular formula is C11H14N4O5. The molecule has 0 aromatic rings. The monoisotopic (exact) mass is 282 g/mol. The Morgan fingerprint density at radius 3 is 2.85 bits per heavy atom. The van der Waals surface area contributed by atoms with E-state index < -0.39 is 42.6 Å². The summed E-state index contributed by atoms with van der Waals surface area (Å²) in [5.41, 5.74) is -1.24. The molecule has 0 radical (unpaired) electrons. The third kappa shape index (κ3) is 1.64. The van der Waals surface area contributed by atoms with Crippen molar-refractivity contribution < 1.29 is 24.9 Å². The van der Waals surface area contributed by atoms with Crippen LogP contribution in [0.25, 0.3) is 0 Å². The molecule has 1 saturated heterocycles. The lowest BCUT2D eigenvalue weighted by molar-refractivity contribution is -0.120. The van der Waals surface area contributed by atoms with Gasteiger partial charge in [-0.25, -0.2) is 4.99 Å². The number of aliphatic imine (C=N–C) groups is 3. The molecule has 9 heteroatoms. The fraction of sp³-hybridized carbons (Fsp3) is 0.636. The summed E-state index contributed by atoms with van der Waals surface area (Å²) in [5, 5.41) is 28.8. The molecule has 1 amide bonds. The maximum absolute atomic E-state index is 11.8. The quantitative estimate of drug-likeness (QED) is 0.513. The van der Waals surface area contributed by atoms with Gasteiger partial charge in [0.25, 0.3) is 5.91 Å². The number of ether oxygens (including phenoxy) is 1. The molecule has 1 fully saturated rings. The van der Waals surface area contributed by atoms with E-state index in [1.54, 1.807) is 6.92 Å². The molecule has 5 atom stereocenters. The zero-order chi connectivity index (χ0) is 14.5. The predicted octanol–water partition coefficient (Wildman–Crippen LogP) is -2.50. The van der Waals surface area contributed by atoms with E-state index in [1.807, 2.05) is 0 Å². The second-order valence-electron chi connectivity index (χ2n) is 4.96. The zero-order valence-electron chi connectivity index (χ0n) is 10.6. The summed E-state index contributed by atoms with van der Waals surface area (Å²) in [7, 11) is 0. The van der Waals surface area contributed by atoms with Gasteiger partial charge in [0.15, 0.2) is 17.6 Å². The van der Waals surface area contributed by atoms with Gasteiger partial charge >= 0.3 is 0 Å². The Morgan fingerprint density at radius 2 is 2.20 bits per heavy atom. The number of hydrogen-bond acceptors (Lipinski definition) is 8. The van der Waals surface area contributed by atoms with Crippen LogP contribution in [0.1, 0.15) is 6.92 Å². The molecule has 0 aromatic carbocycles. The molecule has 1 unspecified atom stereocenters. The van der Waals surface area contributed by atoms with Gasteiger partial charge in [0.2, 0.25) is 0 Å². The number of amides is 1. The maximum atomic E-state index is 11.8. The molecule has 9 nitrogen and oxygen atoms in total. The number of aliphatic hydroxyl groups is 3. The Morgan fingerprint density at radius 1 is 1.45 bits per heavy atom. The van der Waals surface area contributed by atoms with Crippen molar-refractivity contribution in [2.24, 2.45) is 15.0 Å². The van der Waals surface area contributed by atoms with Gasteiger partial charge in [0.1, 0.15) is 24.7 Å². The van der Waals surface area contributed by atoms with Gasteiger partial charge in [-0.1, -0.05) is 0 Å². The number of hydrogen-bond donors (Lipinski definition) is 3. The second kappa shape index (κ2) is 4.42. The summed E-state index contributed by atoms with van der Waals surface area (Å²) in [4.78, 5) is 24.9. The molecule has 3 rings (SSSR count). The number of amidine groups is 1. The molecule has 0 aromatic heterocycles. The SMILES string of the molecule is CC12N=CN([C@@H]3O[C@H](CO)[C@@H](O)[C@H]3O)C1=NC=NC2=O. The van der Waals surface area contributed by atoms with Gasteiger partial charge in [-0.2, -0.15) is 4.99 Å². The number of rotatable bonds is 2. The normalized spacial score (nSPS) is 43.1. The van der Waals surface area contributed by atoms with Gasteiger partial charge in [-0.05, 0) is 6.92 Å². The number of nitrogens with zero attached hydrogens (tertiary/aromatic N) is 4. The summed E-state index contributed by atoms with van der Waals surface area (Å²) in [5.74, 6) is -0.194. The average molecular weight is 282 g/mol. The van der Waals surface area contributed by atoms with Crippen LogP contribution in [0.5, 0.6) is 0 Å². The molecule has 20 heavy (non-hydrogen) atoms. The van der Waals surface area contributed by atoms with Crippen molar-refractivity contribution in [1.29, 1.82) is 0 Å². The van der Waals surface area contributed by atoms with Crippen LogP contribution in [-0.4, -0.2) is 81.3 Å². The maximum Gasteiger partial charge on any atom is 0.282 e. The first-order valence-electron chi connectivity index (χ1n) is 6.10. The van der Waals surface area contributed by atoms with Gasteiger partial charge < -0.3 is 20.1 Å². The molecule has 108 valence electrons. The standard InChI is InChI=1S/C11H14N4O5/c1-11-9(12-3-13-10(11)19)15(4-14-11)8-7(18)6(17)5(2-16)20-8/h3-8,16-18H,2H2,1H3/t5-,6-,7-,8-,11?/m1/s1. The van der Waals surface area contributed by atoms with E-state index in [0.29, 0.717) is 0 Å². The minimum Gasteiger partial charge on any atom is -0.394 e. The van der Waals surface area contributed by atoms with E-state index in [9.17, 15) is 15.0 Å². The number of aliphatic hydroxyl groups excluding tert-OH is 3. The fourth-order valence-corrected chi connectivity index (χ4v) is 2.44. The first-order valence-corrected chi connectivity index (χ1v) is 6.10. The van der Waals surface area contributed by atoms with E-state index in [-0.39, 0.29) is 5.84 Å². The van der Waals surface area contributed by atoms with Crippen LogP contribution in [0.2, 0.25) is 0 Å². The van der Waals surface area contributed by atoms with Crippen LogP contribution in [0, 0.1) is 0 Å². The molecule has 0 spiro atoms. The van der Waals surface area contributed by atoms with E-state index in [4.69, 9.17) is 9.84 Å². The van der Waals surface area contributed by atoms with Crippen LogP contribution in [-0.2, 0) is 9.53 Å². The molecule has 3 heterocycles. The van der Waals surface area contributed by atoms with Crippen molar-refractivity contribution in [3.63, 3.8) is 0 Å². The molecule has 0 saturated carbocycles. The Labute approximate surface area is 113 Å². The van der Waals surface area contributed by atoms with Crippen LogP contribution in [0.4, 0.5) is 0 Å². The molecular weight excluding hydrogens is 268 g/mol. The second-order valence-corrected chi connectivity index (χ2v) is 4.96. The van der Waals surface area contributed by atoms with Gasteiger partial charge in [0.05, 0.1) is 12.9 Å². The lowest BCUT2D eigenvalue weighted by atomic mass is 10.00. The van der Waals surface area contributed by atoms with Gasteiger partial charge in [0, 0.05) is 0 Å². The highest BCUT2D eigenvalue weighted by molar-refractivity contribution is 6.23. The van der Waals surface area contributed by atoms with E-state index >= 15 is 0 Å². The Balaban J connectivity index is 1.90. The van der Waals surface area contributed by atoms with E-state index in [0.717, 1.165) is 6.34 Å². The Bertz CT molecular complexity index is 533. The van der Waals surface area contributed by atoms with Gasteiger partial charge in [-0.3, -0.25) is 14.7 Å². The highest BCUT2D eigenvalue weighted by Crippen LogP contribution is 2.31. The van der Waals surface area contributed by atoms with Crippen molar-refractivity contribution >= 4 is 24.4 Å². The van der Waals surface area contributed by atoms with Crippen LogP contribution >= 0.6 is 0 Å². The largest absolute Gasteiger partial charge is 0.394 e. The van der Waals surface area contributed by atoms with Crippen LogP contribution in [0.15, 0.2) is 15.0 Å². The molecule has 0 aliphatic carbocycles. The molecule has 3 aliphatic heterocycles. The highest BCUT2D eigenvalue weighted by Gasteiger charge is 2.53. The summed E-state index contributed by atoms with van der Waals surface area (Å²) in [6.07, 6.45) is -1.90. The summed E-state index contributed by atoms with van der Waals surface area (Å²) in [6, 6.07) is 0. The van der Waals surface area contributed by atoms with Crippen LogP contribution in [0.3, 0.4) is 0 Å². The third-order valence-electron chi connectivity index (χ3n) is 3.68. The van der Waals surface area contributed by atoms with Crippen molar-refractivity contribution in [2.45, 2.75) is 37.0 Å². The van der Waals surface area contributed by atoms with E-state index in [1.165, 1.54) is 11.2 Å². The third-order valence-corrected chi connectivity index (χ3v) is 3.68. The lowest BCUT2D eigenvalue weighted by Crippen LogP contribution is -2.52. The van der Waals surface area contributed by atoms with Crippen molar-refractivity contribution in [2.75, 3.05) is 6.61 Å². The summed E-state index contributed by atoms with van der Waals surface area (Å²) >= 11 is 0. The predicted molar refractivity (Wildman–Crippen MR) is 67.4 cm³/mol. The minimum atomic E-state index is -1.25. The summed E-state index contributed by atoms with van der Waals surface area (Å²) in [6.45, 7) is 1.13. The molecule has 3 aliphatic rings. The number of carbonyl (C=O) groups is 1. The first-order chi connectivity index (χ1) is 9.49. The molecule has 0 bridgehead atoms. The molecule has 3 N–H and O–H groups in total. The Hall–Kier alpha value is -1.68. The van der Waals surface area contributed by atoms with Crippen molar-refractivity contribution in [3.8, 4) is 0 Å². The fourth-order valence-electron chi connectivity index (χ4n) is 2.44.